The highest BCUT2D eigenvalue weighted by Crippen LogP contribution is 2.44. The van der Waals surface area contributed by atoms with Crippen molar-refractivity contribution in [2.75, 3.05) is 24.7 Å². The monoisotopic (exact) mass is 470 g/mol. The molecule has 0 aromatic heterocycles. The predicted octanol–water partition coefficient (Wildman–Crippen LogP) is 4.02. The minimum Gasteiger partial charge on any atom is -0.481 e. The molecule has 7 nitrogen and oxygen atoms in total. The molecule has 2 aromatic carbocycles. The summed E-state index contributed by atoms with van der Waals surface area (Å²) in [6.45, 7) is 2.54. The molecule has 176 valence electrons. The minimum absolute atomic E-state index is 0.0266. The molecule has 2 aromatic rings. The van der Waals surface area contributed by atoms with Gasteiger partial charge in [-0.1, -0.05) is 48.5 Å². The average molecular weight is 471 g/mol. The van der Waals surface area contributed by atoms with Crippen molar-refractivity contribution in [2.24, 2.45) is 0 Å². The zero-order valence-electron chi connectivity index (χ0n) is 18.7. The van der Waals surface area contributed by atoms with Gasteiger partial charge in [-0.15, -0.1) is 0 Å². The number of hydrogen-bond donors (Lipinski definition) is 3. The van der Waals surface area contributed by atoms with Gasteiger partial charge in [-0.2, -0.15) is 11.8 Å². The maximum absolute atomic E-state index is 12.2. The molecule has 8 heteroatoms. The quantitative estimate of drug-likeness (QED) is 0.405. The fourth-order valence-corrected chi connectivity index (χ4v) is 4.65. The van der Waals surface area contributed by atoms with Crippen LogP contribution < -0.4 is 10.6 Å². The van der Waals surface area contributed by atoms with Crippen LogP contribution in [0.3, 0.4) is 0 Å². The molecular formula is C25H30N2O5S. The molecule has 3 N–H and O–H groups in total. The number of aliphatic carboxylic acids is 1. The molecule has 0 fully saturated rings. The van der Waals surface area contributed by atoms with Gasteiger partial charge in [-0.25, -0.2) is 4.79 Å². The summed E-state index contributed by atoms with van der Waals surface area (Å²) in [7, 11) is 0. The standard InChI is InChI=1S/C25H30N2O5S/c1-17(7-6-12-24(29)30)27-23(28)16-33-14-13-26-25(31)32-15-22-20-10-4-2-8-18(20)19-9-3-5-11-21(19)22/h2-5,8-11,17,22H,6-7,12-16H2,1H3,(H,26,31)(H,27,28)(H,29,30). The molecule has 1 atom stereocenters. The van der Waals surface area contributed by atoms with Gasteiger partial charge in [0, 0.05) is 30.7 Å². The van der Waals surface area contributed by atoms with E-state index in [-0.39, 0.29) is 36.6 Å². The lowest BCUT2D eigenvalue weighted by atomic mass is 9.98. The Bertz CT molecular complexity index is 935. The normalized spacial score (nSPS) is 13.0. The van der Waals surface area contributed by atoms with Gasteiger partial charge in [0.25, 0.3) is 0 Å². The Balaban J connectivity index is 1.32. The van der Waals surface area contributed by atoms with Crippen molar-refractivity contribution in [3.63, 3.8) is 0 Å². The summed E-state index contributed by atoms with van der Waals surface area (Å²) in [5.74, 6) is -0.0173. The molecule has 0 radical (unpaired) electrons. The van der Waals surface area contributed by atoms with Crippen LogP contribution in [0.1, 0.15) is 43.2 Å². The lowest BCUT2D eigenvalue weighted by molar-refractivity contribution is -0.137. The molecule has 0 saturated carbocycles. The molecule has 0 aliphatic heterocycles. The van der Waals surface area contributed by atoms with Crippen molar-refractivity contribution in [1.82, 2.24) is 10.6 Å². The molecule has 0 heterocycles. The smallest absolute Gasteiger partial charge is 0.407 e. The number of amides is 2. The Hall–Kier alpha value is -3.00. The number of benzene rings is 2. The summed E-state index contributed by atoms with van der Waals surface area (Å²) in [4.78, 5) is 34.6. The number of carboxylic acid groups (broad SMARTS) is 1. The van der Waals surface area contributed by atoms with Gasteiger partial charge in [0.2, 0.25) is 5.91 Å². The highest BCUT2D eigenvalue weighted by Gasteiger charge is 2.28. The lowest BCUT2D eigenvalue weighted by Gasteiger charge is -2.15. The van der Waals surface area contributed by atoms with E-state index in [2.05, 4.69) is 34.9 Å². The molecule has 3 rings (SSSR count). The average Bonchev–Trinajstić information content (AvgIpc) is 3.11. The van der Waals surface area contributed by atoms with Crippen molar-refractivity contribution in [3.8, 4) is 11.1 Å². The molecule has 0 bridgehead atoms. The van der Waals surface area contributed by atoms with E-state index in [0.29, 0.717) is 25.1 Å². The van der Waals surface area contributed by atoms with Gasteiger partial charge in [-0.3, -0.25) is 9.59 Å². The number of hydrogen-bond acceptors (Lipinski definition) is 5. The van der Waals surface area contributed by atoms with E-state index in [0.717, 1.165) is 0 Å². The van der Waals surface area contributed by atoms with Crippen LogP contribution in [0.4, 0.5) is 4.79 Å². The van der Waals surface area contributed by atoms with E-state index in [4.69, 9.17) is 9.84 Å². The highest BCUT2D eigenvalue weighted by molar-refractivity contribution is 7.99. The molecule has 0 spiro atoms. The first-order valence-corrected chi connectivity index (χ1v) is 12.3. The Labute approximate surface area is 198 Å². The number of carbonyl (C=O) groups is 3. The van der Waals surface area contributed by atoms with Crippen LogP contribution >= 0.6 is 11.8 Å². The molecule has 1 aliphatic rings. The number of nitrogens with one attached hydrogen (secondary N) is 2. The molecular weight excluding hydrogens is 440 g/mol. The van der Waals surface area contributed by atoms with Crippen molar-refractivity contribution in [2.45, 2.75) is 38.1 Å². The topological polar surface area (TPSA) is 105 Å². The molecule has 2 amide bonds. The Kier molecular flexibility index (Phi) is 9.18. The van der Waals surface area contributed by atoms with Crippen molar-refractivity contribution < 1.29 is 24.2 Å². The number of fused-ring (bicyclic) bond motifs is 3. The van der Waals surface area contributed by atoms with Crippen molar-refractivity contribution in [3.05, 3.63) is 59.7 Å². The Morgan fingerprint density at radius 1 is 1.06 bits per heavy atom. The third-order valence-corrected chi connectivity index (χ3v) is 6.49. The summed E-state index contributed by atoms with van der Waals surface area (Å²) in [6, 6.07) is 16.3. The van der Waals surface area contributed by atoms with Crippen molar-refractivity contribution in [1.29, 1.82) is 0 Å². The summed E-state index contributed by atoms with van der Waals surface area (Å²) >= 11 is 1.42. The fourth-order valence-electron chi connectivity index (χ4n) is 3.99. The largest absolute Gasteiger partial charge is 0.481 e. The van der Waals surface area contributed by atoms with Crippen LogP contribution in [0.2, 0.25) is 0 Å². The van der Waals surface area contributed by atoms with Crippen LogP contribution in [0, 0.1) is 0 Å². The van der Waals surface area contributed by atoms with Crippen molar-refractivity contribution >= 4 is 29.7 Å². The second-order valence-electron chi connectivity index (χ2n) is 8.06. The Morgan fingerprint density at radius 3 is 2.33 bits per heavy atom. The second-order valence-corrected chi connectivity index (χ2v) is 9.16. The molecule has 1 aliphatic carbocycles. The van der Waals surface area contributed by atoms with Gasteiger partial charge < -0.3 is 20.5 Å². The van der Waals surface area contributed by atoms with E-state index >= 15 is 0 Å². The lowest BCUT2D eigenvalue weighted by Crippen LogP contribution is -2.34. The highest BCUT2D eigenvalue weighted by atomic mass is 32.2. The molecule has 33 heavy (non-hydrogen) atoms. The maximum Gasteiger partial charge on any atom is 0.407 e. The van der Waals surface area contributed by atoms with E-state index in [1.807, 2.05) is 31.2 Å². The van der Waals surface area contributed by atoms with Crippen LogP contribution in [-0.4, -0.2) is 53.8 Å². The van der Waals surface area contributed by atoms with Crippen LogP contribution in [0.25, 0.3) is 11.1 Å². The van der Waals surface area contributed by atoms with E-state index in [9.17, 15) is 14.4 Å². The summed E-state index contributed by atoms with van der Waals surface area (Å²) in [5, 5.41) is 14.2. The van der Waals surface area contributed by atoms with Gasteiger partial charge >= 0.3 is 12.1 Å². The van der Waals surface area contributed by atoms with E-state index in [1.165, 1.54) is 34.0 Å². The number of alkyl carbamates (subject to hydrolysis) is 1. The third-order valence-electron chi connectivity index (χ3n) is 5.53. The predicted molar refractivity (Wildman–Crippen MR) is 129 cm³/mol. The maximum atomic E-state index is 12.2. The Morgan fingerprint density at radius 2 is 1.70 bits per heavy atom. The number of carbonyl (C=O) groups excluding carboxylic acids is 2. The van der Waals surface area contributed by atoms with Crippen LogP contribution in [-0.2, 0) is 14.3 Å². The SMILES string of the molecule is CC(CCCC(=O)O)NC(=O)CSCCNC(=O)OCC1c2ccccc2-c2ccccc21. The van der Waals surface area contributed by atoms with Gasteiger partial charge in [0.15, 0.2) is 0 Å². The first-order chi connectivity index (χ1) is 16.0. The summed E-state index contributed by atoms with van der Waals surface area (Å²) in [5.41, 5.74) is 4.72. The fraction of sp³-hybridized carbons (Fsp3) is 0.400. The first-order valence-electron chi connectivity index (χ1n) is 11.1. The van der Waals surface area contributed by atoms with Gasteiger partial charge in [0.05, 0.1) is 5.75 Å². The number of ether oxygens (including phenoxy) is 1. The first kappa shape index (κ1) is 24.6. The zero-order chi connectivity index (χ0) is 23.6. The van der Waals surface area contributed by atoms with Gasteiger partial charge in [-0.05, 0) is 42.0 Å². The number of carboxylic acids is 1. The third kappa shape index (κ3) is 7.25. The van der Waals surface area contributed by atoms with Crippen LogP contribution in [0.5, 0.6) is 0 Å². The van der Waals surface area contributed by atoms with E-state index < -0.39 is 12.1 Å². The summed E-state index contributed by atoms with van der Waals surface area (Å²) < 4.78 is 5.49. The molecule has 0 saturated heterocycles. The van der Waals surface area contributed by atoms with Crippen LogP contribution in [0.15, 0.2) is 48.5 Å². The summed E-state index contributed by atoms with van der Waals surface area (Å²) in [6.07, 6.45) is 0.810. The zero-order valence-corrected chi connectivity index (χ0v) is 19.5. The second kappa shape index (κ2) is 12.3. The van der Waals surface area contributed by atoms with Gasteiger partial charge in [0.1, 0.15) is 6.61 Å². The number of rotatable bonds is 12. The molecule has 1 unspecified atom stereocenters. The number of thioether (sulfide) groups is 1. The minimum atomic E-state index is -0.826. The van der Waals surface area contributed by atoms with E-state index in [1.54, 1.807) is 0 Å².